The van der Waals surface area contributed by atoms with Gasteiger partial charge in [-0.2, -0.15) is 0 Å². The van der Waals surface area contributed by atoms with E-state index >= 15 is 0 Å². The maximum atomic E-state index is 12.8. The lowest BCUT2D eigenvalue weighted by atomic mass is 9.97. The number of carbonyl (C=O) groups is 1. The van der Waals surface area contributed by atoms with Crippen molar-refractivity contribution >= 4 is 23.1 Å². The lowest BCUT2D eigenvalue weighted by Crippen LogP contribution is -2.50. The molecule has 0 spiro atoms. The molecule has 1 amide bonds. The minimum atomic E-state index is 0.328. The Bertz CT molecular complexity index is 879. The van der Waals surface area contributed by atoms with Crippen LogP contribution in [0.5, 0.6) is 0 Å². The number of anilines is 1. The van der Waals surface area contributed by atoms with E-state index in [2.05, 4.69) is 48.2 Å². The number of pyridine rings is 1. The van der Waals surface area contributed by atoms with Crippen molar-refractivity contribution in [1.29, 1.82) is 0 Å². The first-order valence-corrected chi connectivity index (χ1v) is 13.1. The summed E-state index contributed by atoms with van der Waals surface area (Å²) in [5.41, 5.74) is 1.36. The molecule has 0 N–H and O–H groups in total. The van der Waals surface area contributed by atoms with E-state index in [-0.39, 0.29) is 0 Å². The second-order valence-electron chi connectivity index (χ2n) is 9.47. The third kappa shape index (κ3) is 5.33. The van der Waals surface area contributed by atoms with Crippen LogP contribution in [0.25, 0.3) is 0 Å². The summed E-state index contributed by atoms with van der Waals surface area (Å²) in [5, 5.41) is 2.16. The van der Waals surface area contributed by atoms with E-state index < -0.39 is 0 Å². The van der Waals surface area contributed by atoms with Crippen LogP contribution in [0, 0.1) is 5.92 Å². The summed E-state index contributed by atoms with van der Waals surface area (Å²) in [6.07, 6.45) is 6.15. The Morgan fingerprint density at radius 2 is 1.97 bits per heavy atom. The number of piperidine rings is 1. The maximum absolute atomic E-state index is 12.8. The Morgan fingerprint density at radius 3 is 2.81 bits per heavy atom. The number of nitrogens with zero attached hydrogens (tertiary/aromatic N) is 5. The van der Waals surface area contributed by atoms with Crippen molar-refractivity contribution < 1.29 is 4.79 Å². The molecule has 7 heteroatoms. The van der Waals surface area contributed by atoms with Gasteiger partial charge in [-0.25, -0.2) is 4.98 Å². The van der Waals surface area contributed by atoms with Crippen LogP contribution in [0.2, 0.25) is 0 Å². The Kier molecular flexibility index (Phi) is 7.05. The fourth-order valence-electron chi connectivity index (χ4n) is 5.44. The highest BCUT2D eigenvalue weighted by Gasteiger charge is 2.26. The van der Waals surface area contributed by atoms with Crippen molar-refractivity contribution in [3.05, 3.63) is 46.3 Å². The summed E-state index contributed by atoms with van der Waals surface area (Å²) in [5.74, 6) is 2.16. The summed E-state index contributed by atoms with van der Waals surface area (Å²) in [4.78, 5) is 28.4. The number of likely N-dealkylation sites (tertiary alicyclic amines) is 1. The first-order chi connectivity index (χ1) is 15.7. The molecule has 5 rings (SSSR count). The van der Waals surface area contributed by atoms with Gasteiger partial charge in [-0.3, -0.25) is 9.69 Å². The molecule has 6 nitrogen and oxygen atoms in total. The number of amides is 1. The van der Waals surface area contributed by atoms with Gasteiger partial charge < -0.3 is 14.7 Å². The molecule has 2 aromatic heterocycles. The zero-order chi connectivity index (χ0) is 21.8. The summed E-state index contributed by atoms with van der Waals surface area (Å²) in [6, 6.07) is 8.35. The van der Waals surface area contributed by atoms with Crippen molar-refractivity contribution in [1.82, 2.24) is 19.7 Å². The Hall–Kier alpha value is -1.96. The molecule has 2 aromatic rings. The molecule has 3 aliphatic rings. The van der Waals surface area contributed by atoms with Gasteiger partial charge in [0.2, 0.25) is 5.91 Å². The SMILES string of the molecule is O=C(CCN1CCCC(CN2CCN(c3ccccn3)CC2)C1)N1CCc2sccc2C1. The van der Waals surface area contributed by atoms with Gasteiger partial charge in [-0.1, -0.05) is 6.07 Å². The van der Waals surface area contributed by atoms with Crippen LogP contribution in [0.3, 0.4) is 0 Å². The van der Waals surface area contributed by atoms with Crippen LogP contribution in [-0.2, 0) is 17.8 Å². The van der Waals surface area contributed by atoms with Gasteiger partial charge in [0, 0.05) is 76.4 Å². The fourth-order valence-corrected chi connectivity index (χ4v) is 6.33. The summed E-state index contributed by atoms with van der Waals surface area (Å²) < 4.78 is 0. The first-order valence-electron chi connectivity index (χ1n) is 12.2. The van der Waals surface area contributed by atoms with Crippen LogP contribution in [0.1, 0.15) is 29.7 Å². The molecule has 0 bridgehead atoms. The smallest absolute Gasteiger partial charge is 0.224 e. The van der Waals surface area contributed by atoms with Gasteiger partial charge >= 0.3 is 0 Å². The lowest BCUT2D eigenvalue weighted by Gasteiger charge is -2.39. The van der Waals surface area contributed by atoms with Crippen molar-refractivity contribution in [2.45, 2.75) is 32.2 Å². The molecule has 172 valence electrons. The first kappa shape index (κ1) is 21.9. The standard InChI is InChI=1S/C25H35N5OS/c31-25(30-12-6-23-22(20-30)8-17-32-23)7-11-27-10-3-4-21(18-27)19-28-13-15-29(16-14-28)24-5-1-2-9-26-24/h1-2,5,8-9,17,21H,3-4,6-7,10-16,18-20H2. The van der Waals surface area contributed by atoms with Gasteiger partial charge in [0.15, 0.2) is 0 Å². The molecule has 3 aliphatic heterocycles. The van der Waals surface area contributed by atoms with Crippen LogP contribution in [-0.4, -0.2) is 84.5 Å². The third-order valence-electron chi connectivity index (χ3n) is 7.27. The Morgan fingerprint density at radius 1 is 1.06 bits per heavy atom. The minimum absolute atomic E-state index is 0.328. The number of hydrogen-bond acceptors (Lipinski definition) is 6. The van der Waals surface area contributed by atoms with Crippen LogP contribution in [0.4, 0.5) is 5.82 Å². The second kappa shape index (κ2) is 10.3. The predicted octanol–water partition coefficient (Wildman–Crippen LogP) is 2.95. The highest BCUT2D eigenvalue weighted by atomic mass is 32.1. The Balaban J connectivity index is 1.04. The van der Waals surface area contributed by atoms with Crippen LogP contribution in [0.15, 0.2) is 35.8 Å². The molecule has 2 fully saturated rings. The Labute approximate surface area is 195 Å². The summed E-state index contributed by atoms with van der Waals surface area (Å²) >= 11 is 1.83. The van der Waals surface area contributed by atoms with E-state index in [1.165, 1.54) is 29.8 Å². The largest absolute Gasteiger partial charge is 0.354 e. The fraction of sp³-hybridized carbons (Fsp3) is 0.600. The molecule has 0 aromatic carbocycles. The second-order valence-corrected chi connectivity index (χ2v) is 10.5. The topological polar surface area (TPSA) is 42.9 Å². The molecule has 0 radical (unpaired) electrons. The quantitative estimate of drug-likeness (QED) is 0.673. The number of hydrogen-bond donors (Lipinski definition) is 0. The highest BCUT2D eigenvalue weighted by molar-refractivity contribution is 7.10. The van der Waals surface area contributed by atoms with Gasteiger partial charge in [-0.15, -0.1) is 11.3 Å². The molecule has 1 atom stereocenters. The number of rotatable bonds is 6. The average Bonchev–Trinajstić information content (AvgIpc) is 3.32. The van der Waals surface area contributed by atoms with E-state index in [9.17, 15) is 4.79 Å². The zero-order valence-electron chi connectivity index (χ0n) is 19.0. The van der Waals surface area contributed by atoms with Gasteiger partial charge in [0.1, 0.15) is 5.82 Å². The number of piperazine rings is 1. The van der Waals surface area contributed by atoms with Crippen molar-refractivity contribution in [2.24, 2.45) is 5.92 Å². The van der Waals surface area contributed by atoms with E-state index in [4.69, 9.17) is 0 Å². The molecule has 0 aliphatic carbocycles. The van der Waals surface area contributed by atoms with Crippen LogP contribution >= 0.6 is 11.3 Å². The number of aromatic nitrogens is 1. The maximum Gasteiger partial charge on any atom is 0.224 e. The molecule has 0 saturated carbocycles. The summed E-state index contributed by atoms with van der Waals surface area (Å²) in [6.45, 7) is 10.4. The number of fused-ring (bicyclic) bond motifs is 1. The normalized spacial score (nSPS) is 22.7. The molecular formula is C25H35N5OS. The van der Waals surface area contributed by atoms with Crippen LogP contribution < -0.4 is 4.90 Å². The molecule has 5 heterocycles. The van der Waals surface area contributed by atoms with Crippen molar-refractivity contribution in [3.63, 3.8) is 0 Å². The van der Waals surface area contributed by atoms with E-state index in [0.29, 0.717) is 12.3 Å². The monoisotopic (exact) mass is 453 g/mol. The molecule has 1 unspecified atom stereocenters. The van der Waals surface area contributed by atoms with Crippen molar-refractivity contribution in [2.75, 3.05) is 63.8 Å². The van der Waals surface area contributed by atoms with Gasteiger partial charge in [0.05, 0.1) is 0 Å². The number of carbonyl (C=O) groups excluding carboxylic acids is 1. The predicted molar refractivity (Wildman–Crippen MR) is 130 cm³/mol. The zero-order valence-corrected chi connectivity index (χ0v) is 19.8. The van der Waals surface area contributed by atoms with Gasteiger partial charge in [-0.05, 0) is 60.9 Å². The van der Waals surface area contributed by atoms with E-state index in [1.807, 2.05) is 23.6 Å². The average molecular weight is 454 g/mol. The molecule has 2 saturated heterocycles. The third-order valence-corrected chi connectivity index (χ3v) is 8.29. The minimum Gasteiger partial charge on any atom is -0.354 e. The molecule has 32 heavy (non-hydrogen) atoms. The highest BCUT2D eigenvalue weighted by Crippen LogP contribution is 2.25. The van der Waals surface area contributed by atoms with E-state index in [1.54, 1.807) is 0 Å². The van der Waals surface area contributed by atoms with E-state index in [0.717, 1.165) is 77.1 Å². The molecular weight excluding hydrogens is 418 g/mol. The lowest BCUT2D eigenvalue weighted by molar-refractivity contribution is -0.132. The number of thiophene rings is 1. The van der Waals surface area contributed by atoms with Crippen molar-refractivity contribution in [3.8, 4) is 0 Å². The summed E-state index contributed by atoms with van der Waals surface area (Å²) in [7, 11) is 0. The van der Waals surface area contributed by atoms with Gasteiger partial charge in [0.25, 0.3) is 0 Å².